The number of nitrogens with one attached hydrogen (secondary N) is 1. The monoisotopic (exact) mass is 578 g/mol. The highest BCUT2D eigenvalue weighted by Gasteiger charge is 2.36. The van der Waals surface area contributed by atoms with E-state index >= 15 is 0 Å². The van der Waals surface area contributed by atoms with Gasteiger partial charge in [-0.25, -0.2) is 0 Å². The van der Waals surface area contributed by atoms with Crippen molar-refractivity contribution in [2.75, 3.05) is 23.4 Å². The second-order valence-electron chi connectivity index (χ2n) is 10.4. The van der Waals surface area contributed by atoms with Crippen LogP contribution in [0.15, 0.2) is 71.2 Å². The van der Waals surface area contributed by atoms with Crippen LogP contribution < -0.4 is 15.0 Å². The van der Waals surface area contributed by atoms with Gasteiger partial charge in [0.05, 0.1) is 5.92 Å². The second-order valence-corrected chi connectivity index (χ2v) is 11.2. The van der Waals surface area contributed by atoms with Crippen molar-refractivity contribution in [3.8, 4) is 11.5 Å². The lowest BCUT2D eigenvalue weighted by molar-refractivity contribution is -0.151. The van der Waals surface area contributed by atoms with Crippen molar-refractivity contribution in [3.05, 3.63) is 82.3 Å². The van der Waals surface area contributed by atoms with E-state index in [1.54, 1.807) is 35.2 Å². The molecule has 8 heteroatoms. The first-order chi connectivity index (χ1) is 18.0. The molecule has 1 aliphatic heterocycles. The number of aryl methyl sites for hydroxylation is 1. The molecular formula is C30H31BrN2O5. The van der Waals surface area contributed by atoms with Crippen molar-refractivity contribution in [1.29, 1.82) is 0 Å². The predicted molar refractivity (Wildman–Crippen MR) is 151 cm³/mol. The van der Waals surface area contributed by atoms with Gasteiger partial charge in [0.15, 0.2) is 6.61 Å². The Morgan fingerprint density at radius 3 is 2.24 bits per heavy atom. The summed E-state index contributed by atoms with van der Waals surface area (Å²) in [6.45, 7) is 8.17. The van der Waals surface area contributed by atoms with Gasteiger partial charge in [-0.15, -0.1) is 0 Å². The normalized spacial score (nSPS) is 15.3. The fourth-order valence-electron chi connectivity index (χ4n) is 4.14. The summed E-state index contributed by atoms with van der Waals surface area (Å²) in [5.74, 6) is -0.445. The molecule has 198 valence electrons. The quantitative estimate of drug-likeness (QED) is 0.329. The van der Waals surface area contributed by atoms with E-state index in [4.69, 9.17) is 9.47 Å². The first-order valence-electron chi connectivity index (χ1n) is 12.4. The molecule has 0 unspecified atom stereocenters. The van der Waals surface area contributed by atoms with Crippen LogP contribution >= 0.6 is 15.9 Å². The molecule has 0 radical (unpaired) electrons. The van der Waals surface area contributed by atoms with Gasteiger partial charge in [0.2, 0.25) is 5.91 Å². The summed E-state index contributed by atoms with van der Waals surface area (Å²) in [4.78, 5) is 38.9. The number of halogens is 1. The van der Waals surface area contributed by atoms with Crippen molar-refractivity contribution < 1.29 is 23.9 Å². The maximum absolute atomic E-state index is 12.6. The molecule has 1 atom stereocenters. The molecule has 2 amide bonds. The van der Waals surface area contributed by atoms with Crippen LogP contribution in [0.25, 0.3) is 0 Å². The predicted octanol–water partition coefficient (Wildman–Crippen LogP) is 6.38. The van der Waals surface area contributed by atoms with Gasteiger partial charge in [0, 0.05) is 28.8 Å². The first kappa shape index (κ1) is 27.4. The van der Waals surface area contributed by atoms with Crippen LogP contribution in [0.1, 0.15) is 38.3 Å². The molecule has 1 heterocycles. The standard InChI is InChI=1S/C30H31BrN2O5/c1-19-15-22(7-14-26(19)31)32-27(34)18-37-29(36)20-16-28(35)33(17-20)23-8-12-25(13-9-23)38-24-10-5-21(6-11-24)30(2,3)4/h5-15,20H,16-18H2,1-4H3,(H,32,34)/t20-/m1/s1. The fraction of sp³-hybridized carbons (Fsp3) is 0.300. The highest BCUT2D eigenvalue weighted by atomic mass is 79.9. The van der Waals surface area contributed by atoms with Gasteiger partial charge in [0.25, 0.3) is 5.91 Å². The Bertz CT molecular complexity index is 1330. The minimum absolute atomic E-state index is 0.0325. The maximum Gasteiger partial charge on any atom is 0.311 e. The Labute approximate surface area is 231 Å². The van der Waals surface area contributed by atoms with Crippen LogP contribution in [0, 0.1) is 12.8 Å². The molecular weight excluding hydrogens is 548 g/mol. The van der Waals surface area contributed by atoms with E-state index in [2.05, 4.69) is 54.2 Å². The summed E-state index contributed by atoms with van der Waals surface area (Å²) >= 11 is 3.41. The molecule has 1 aliphatic rings. The second kappa shape index (κ2) is 11.4. The molecule has 0 aliphatic carbocycles. The smallest absolute Gasteiger partial charge is 0.311 e. The van der Waals surface area contributed by atoms with Crippen LogP contribution in [0.5, 0.6) is 11.5 Å². The fourth-order valence-corrected chi connectivity index (χ4v) is 4.39. The van der Waals surface area contributed by atoms with Gasteiger partial charge in [0.1, 0.15) is 11.5 Å². The average Bonchev–Trinajstić information content (AvgIpc) is 3.27. The van der Waals surface area contributed by atoms with E-state index in [9.17, 15) is 14.4 Å². The molecule has 7 nitrogen and oxygen atoms in total. The molecule has 0 bridgehead atoms. The molecule has 0 spiro atoms. The van der Waals surface area contributed by atoms with Crippen LogP contribution in [0.3, 0.4) is 0 Å². The third-order valence-corrected chi connectivity index (χ3v) is 7.24. The van der Waals surface area contributed by atoms with Gasteiger partial charge in [-0.05, 0) is 78.1 Å². The van der Waals surface area contributed by atoms with E-state index in [1.807, 2.05) is 31.2 Å². The number of esters is 1. The zero-order valence-corrected chi connectivity index (χ0v) is 23.5. The summed E-state index contributed by atoms with van der Waals surface area (Å²) in [5, 5.41) is 2.70. The van der Waals surface area contributed by atoms with Crippen molar-refractivity contribution in [1.82, 2.24) is 0 Å². The van der Waals surface area contributed by atoms with Crippen molar-refractivity contribution in [2.45, 2.75) is 39.5 Å². The summed E-state index contributed by atoms with van der Waals surface area (Å²) < 4.78 is 12.1. The zero-order valence-electron chi connectivity index (χ0n) is 21.9. The lowest BCUT2D eigenvalue weighted by Crippen LogP contribution is -2.28. The number of carbonyl (C=O) groups excluding carboxylic acids is 3. The lowest BCUT2D eigenvalue weighted by atomic mass is 9.87. The minimum Gasteiger partial charge on any atom is -0.457 e. The summed E-state index contributed by atoms with van der Waals surface area (Å²) in [6.07, 6.45) is 0.0325. The Morgan fingerprint density at radius 1 is 1.00 bits per heavy atom. The SMILES string of the molecule is Cc1cc(NC(=O)COC(=O)[C@@H]2CC(=O)N(c3ccc(Oc4ccc(C(C)(C)C)cc4)cc3)C2)ccc1Br. The Morgan fingerprint density at radius 2 is 1.63 bits per heavy atom. The Hall–Kier alpha value is -3.65. The van der Waals surface area contributed by atoms with Crippen molar-refractivity contribution >= 4 is 45.1 Å². The van der Waals surface area contributed by atoms with Crippen LogP contribution in [0.2, 0.25) is 0 Å². The summed E-state index contributed by atoms with van der Waals surface area (Å²) in [5.41, 5.74) is 3.55. The molecule has 0 saturated carbocycles. The molecule has 3 aromatic carbocycles. The largest absolute Gasteiger partial charge is 0.457 e. The maximum atomic E-state index is 12.6. The molecule has 4 rings (SSSR count). The van der Waals surface area contributed by atoms with Crippen LogP contribution in [0.4, 0.5) is 11.4 Å². The Kier molecular flexibility index (Phi) is 8.21. The molecule has 38 heavy (non-hydrogen) atoms. The van der Waals surface area contributed by atoms with Gasteiger partial charge in [-0.2, -0.15) is 0 Å². The van der Waals surface area contributed by atoms with Crippen molar-refractivity contribution in [2.24, 2.45) is 5.92 Å². The van der Waals surface area contributed by atoms with Gasteiger partial charge >= 0.3 is 5.97 Å². The number of anilines is 2. The van der Waals surface area contributed by atoms with E-state index < -0.39 is 24.4 Å². The van der Waals surface area contributed by atoms with Crippen molar-refractivity contribution in [3.63, 3.8) is 0 Å². The third kappa shape index (κ3) is 6.81. The molecule has 3 aromatic rings. The summed E-state index contributed by atoms with van der Waals surface area (Å²) in [7, 11) is 0. The van der Waals surface area contributed by atoms with E-state index in [-0.39, 0.29) is 24.3 Å². The first-order valence-corrected chi connectivity index (χ1v) is 13.2. The van der Waals surface area contributed by atoms with Gasteiger partial charge in [-0.1, -0.05) is 48.8 Å². The highest BCUT2D eigenvalue weighted by Crippen LogP contribution is 2.30. The summed E-state index contributed by atoms with van der Waals surface area (Å²) in [6, 6.07) is 20.5. The lowest BCUT2D eigenvalue weighted by Gasteiger charge is -2.19. The highest BCUT2D eigenvalue weighted by molar-refractivity contribution is 9.10. The Balaban J connectivity index is 1.29. The number of rotatable bonds is 7. The van der Waals surface area contributed by atoms with Gasteiger partial charge in [-0.3, -0.25) is 14.4 Å². The molecule has 1 N–H and O–H groups in total. The van der Waals surface area contributed by atoms with E-state index in [1.165, 1.54) is 5.56 Å². The van der Waals surface area contributed by atoms with Crippen LogP contribution in [-0.4, -0.2) is 30.9 Å². The van der Waals surface area contributed by atoms with E-state index in [0.29, 0.717) is 17.1 Å². The number of benzene rings is 3. The number of hydrogen-bond acceptors (Lipinski definition) is 5. The number of amides is 2. The topological polar surface area (TPSA) is 84.9 Å². The number of nitrogens with zero attached hydrogens (tertiary/aromatic N) is 1. The third-order valence-electron chi connectivity index (χ3n) is 6.35. The van der Waals surface area contributed by atoms with Gasteiger partial charge < -0.3 is 19.7 Å². The number of ether oxygens (including phenoxy) is 2. The molecule has 1 saturated heterocycles. The molecule has 1 fully saturated rings. The zero-order chi connectivity index (χ0) is 27.4. The minimum atomic E-state index is -0.637. The average molecular weight is 579 g/mol. The molecule has 0 aromatic heterocycles. The van der Waals surface area contributed by atoms with Crippen LogP contribution in [-0.2, 0) is 24.5 Å². The number of hydrogen-bond donors (Lipinski definition) is 1. The van der Waals surface area contributed by atoms with E-state index in [0.717, 1.165) is 15.8 Å². The number of carbonyl (C=O) groups is 3.